The molecule has 2 aliphatic carbocycles. The Labute approximate surface area is 739 Å². The van der Waals surface area contributed by atoms with E-state index in [-0.39, 0.29) is 17.9 Å². The van der Waals surface area contributed by atoms with E-state index < -0.39 is 0 Å². The molecule has 0 spiro atoms. The van der Waals surface area contributed by atoms with Crippen molar-refractivity contribution in [3.63, 3.8) is 0 Å². The summed E-state index contributed by atoms with van der Waals surface area (Å²) in [5.41, 5.74) is 25.7. The largest absolute Gasteiger partial charge is 0.501 e. The number of rotatable bonds is 27. The van der Waals surface area contributed by atoms with Crippen molar-refractivity contribution in [1.82, 2.24) is 0 Å². The molecule has 10 heteroatoms. The van der Waals surface area contributed by atoms with Crippen molar-refractivity contribution in [3.8, 4) is 56.7 Å². The van der Waals surface area contributed by atoms with Crippen molar-refractivity contribution in [3.05, 3.63) is 353 Å². The number of thiophene rings is 1. The van der Waals surface area contributed by atoms with E-state index in [4.69, 9.17) is 30.3 Å². The first-order valence-electron chi connectivity index (χ1n) is 43.3. The van der Waals surface area contributed by atoms with Crippen LogP contribution in [0.1, 0.15) is 196 Å². The van der Waals surface area contributed by atoms with Gasteiger partial charge in [-0.05, 0) is 234 Å². The number of aliphatic hydroxyl groups is 1. The van der Waals surface area contributed by atoms with E-state index in [9.17, 15) is 10.4 Å². The molecule has 123 heavy (non-hydrogen) atoms. The van der Waals surface area contributed by atoms with Gasteiger partial charge in [0.2, 0.25) is 0 Å². The molecule has 13 rings (SSSR count). The lowest BCUT2D eigenvalue weighted by atomic mass is 9.81. The van der Waals surface area contributed by atoms with Gasteiger partial charge in [0.25, 0.3) is 0 Å². The molecule has 9 nitrogen and oxygen atoms in total. The van der Waals surface area contributed by atoms with Gasteiger partial charge < -0.3 is 34.1 Å². The van der Waals surface area contributed by atoms with Gasteiger partial charge in [-0.2, -0.15) is 5.26 Å². The van der Waals surface area contributed by atoms with E-state index in [0.717, 1.165) is 54.9 Å². The third kappa shape index (κ3) is 25.9. The number of aryl methyl sites for hydroxylation is 5. The fraction of sp³-hybridized carbons (Fsp3) is 0.292. The molecule has 2 N–H and O–H groups in total. The molecule has 1 aromatic heterocycles. The van der Waals surface area contributed by atoms with Crippen molar-refractivity contribution in [2.45, 2.75) is 155 Å². The first kappa shape index (κ1) is 94.7. The van der Waals surface area contributed by atoms with Crippen LogP contribution in [0.3, 0.4) is 0 Å². The molecule has 0 amide bonds. The predicted octanol–water partition coefficient (Wildman–Crippen LogP) is 30.7. The van der Waals surface area contributed by atoms with Crippen molar-refractivity contribution in [1.29, 1.82) is 5.26 Å². The Kier molecular flexibility index (Phi) is 36.0. The molecule has 1 heterocycles. The van der Waals surface area contributed by atoms with Gasteiger partial charge in [-0.1, -0.05) is 310 Å². The summed E-state index contributed by atoms with van der Waals surface area (Å²) in [5, 5.41) is 25.8. The smallest absolute Gasteiger partial charge is 0.195 e. The second-order valence-corrected chi connectivity index (χ2v) is 34.1. The van der Waals surface area contributed by atoms with Crippen molar-refractivity contribution in [2.24, 2.45) is 23.7 Å². The van der Waals surface area contributed by atoms with Crippen LogP contribution in [0.5, 0.6) is 17.2 Å². The van der Waals surface area contributed by atoms with Crippen LogP contribution in [-0.2, 0) is 21.5 Å². The molecule has 11 aromatic rings. The standard InChI is InChI=1S/C33H30.C32H40N2O4.C30H36O2.C10H10S.C8H11N/c1-5-6-25-13-19-29-30-20-14-26(22-32(30)33(3,4)31(29)21-25)10-9-24-11-17-28(18-12-24)27-15-7-23(2)8-16-27;1-9-21(4)19-37-31-12-23(6)30(36-8)15-25(31)14-29(34-7)27-16-32(38-20-22(5)10-2)28(13-26(27)18-35)24(11-3)17-33;1-6-8-24-9-14-26(15-10-24)27-16-11-25(12-17-27)13-18-28-20-29(31-5)23(4)19-30(28)32-21-22(3)7-2;1-7-9-5-3-4-6-10(9)8(2)11-7;1-7-3-5-8(9-2)6-4-7/h5-22H,1-4H3;11-16,21-22,35H,9-10,18-20H2,1-6,8H3;6,8-19,22,28H,7,20-21H2,1-5H3;3-6H,1-2H3;3-6,9H,1-2H3/b6-5+,10-9+;24-11+,29-14-;8-6+,18-13+;;. The monoisotopic (exact) mass is 1650 g/mol. The summed E-state index contributed by atoms with van der Waals surface area (Å²) in [6, 6.07) is 75.0. The lowest BCUT2D eigenvalue weighted by Gasteiger charge is -2.25. The Morgan fingerprint density at radius 3 is 1.49 bits per heavy atom. The summed E-state index contributed by atoms with van der Waals surface area (Å²) >= 11 is 1.88. The first-order chi connectivity index (χ1) is 59.4. The zero-order valence-corrected chi connectivity index (χ0v) is 77.1. The highest BCUT2D eigenvalue weighted by molar-refractivity contribution is 7.13. The van der Waals surface area contributed by atoms with Gasteiger partial charge in [-0.15, -0.1) is 11.3 Å². The van der Waals surface area contributed by atoms with Crippen molar-refractivity contribution in [2.75, 3.05) is 46.4 Å². The summed E-state index contributed by atoms with van der Waals surface area (Å²) in [6.07, 6.45) is 26.9. The van der Waals surface area contributed by atoms with Gasteiger partial charge in [0.1, 0.15) is 23.0 Å². The predicted molar refractivity (Wildman–Crippen MR) is 527 cm³/mol. The highest BCUT2D eigenvalue weighted by atomic mass is 32.1. The molecular weight excluding hydrogens is 1530 g/mol. The third-order valence-electron chi connectivity index (χ3n) is 23.0. The molecule has 0 radical (unpaired) electrons. The van der Waals surface area contributed by atoms with Crippen LogP contribution in [-0.4, -0.2) is 46.2 Å². The van der Waals surface area contributed by atoms with E-state index in [0.29, 0.717) is 81.7 Å². The highest BCUT2D eigenvalue weighted by Crippen LogP contribution is 2.50. The summed E-state index contributed by atoms with van der Waals surface area (Å²) in [7, 11) is 5.29. The Hall–Kier alpha value is -12.2. The summed E-state index contributed by atoms with van der Waals surface area (Å²) < 4.78 is 29.7. The highest BCUT2D eigenvalue weighted by Gasteiger charge is 2.36. The van der Waals surface area contributed by atoms with E-state index in [2.05, 4.69) is 350 Å². The van der Waals surface area contributed by atoms with Crippen LogP contribution >= 0.6 is 11.3 Å². The number of methoxy groups -OCH3 is 2. The Bertz CT molecular complexity index is 5640. The number of hydrogen-bond donors (Lipinski definition) is 2. The van der Waals surface area contributed by atoms with Crippen LogP contribution in [0.15, 0.2) is 254 Å². The Morgan fingerprint density at radius 1 is 0.553 bits per heavy atom. The molecule has 0 fully saturated rings. The number of ether oxygens (including phenoxy) is 5. The van der Waals surface area contributed by atoms with Crippen molar-refractivity contribution >= 4 is 75.5 Å². The number of nitrogens with zero attached hydrogens (tertiary/aromatic N) is 2. The van der Waals surface area contributed by atoms with E-state index >= 15 is 0 Å². The lowest BCUT2D eigenvalue weighted by molar-refractivity contribution is 0.142. The number of hydrogen-bond acceptors (Lipinski definition) is 9. The van der Waals surface area contributed by atoms with Gasteiger partial charge in [0, 0.05) is 51.4 Å². The van der Waals surface area contributed by atoms with Gasteiger partial charge in [-0.25, -0.2) is 4.85 Å². The average Bonchev–Trinajstić information content (AvgIpc) is 1.59. The number of nitriles is 1. The fourth-order valence-electron chi connectivity index (χ4n) is 14.6. The first-order valence-corrected chi connectivity index (χ1v) is 44.1. The maximum Gasteiger partial charge on any atom is 0.195 e. The van der Waals surface area contributed by atoms with Crippen molar-refractivity contribution < 1.29 is 28.8 Å². The molecule has 0 aliphatic heterocycles. The summed E-state index contributed by atoms with van der Waals surface area (Å²) in [5.74, 6) is 5.39. The minimum atomic E-state index is -0.294. The third-order valence-corrected chi connectivity index (χ3v) is 24.0. The minimum absolute atomic E-state index is 0.00178. The van der Waals surface area contributed by atoms with Gasteiger partial charge in [-0.3, -0.25) is 0 Å². The minimum Gasteiger partial charge on any atom is -0.501 e. The molecule has 0 saturated heterocycles. The molecule has 4 unspecified atom stereocenters. The molecule has 0 saturated carbocycles. The molecule has 636 valence electrons. The normalized spacial score (nSPS) is 14.1. The maximum absolute atomic E-state index is 10.3. The SMILES string of the molecule is C/C=C/c1ccc(-c2ccc(/C=C/C3CC(OC)=C(C)C=C3OCC(C)CC)cc2)cc1.C/C=C/c1ccc2c(c1)C(C)(C)c1cc(/C=C/c3ccc(-c4ccc(C)cc4)cc3)ccc1-2.CNc1ccc(C)cc1.Cc1sc(C)c2ccccc12.[C-]#[N+]/C(=C\c1cc(OC)c(C)cc1OCC(C)CC)c1cc(OCC(C)CC)c(/C(C#N)=C/C)cc1CO. The fourth-order valence-corrected chi connectivity index (χ4v) is 15.6. The lowest BCUT2D eigenvalue weighted by Crippen LogP contribution is -2.15. The Morgan fingerprint density at radius 2 is 1.02 bits per heavy atom. The zero-order chi connectivity index (χ0) is 88.7. The summed E-state index contributed by atoms with van der Waals surface area (Å²) in [6.45, 7) is 45.6. The zero-order valence-electron chi connectivity index (χ0n) is 76.2. The van der Waals surface area contributed by atoms with Crippen LogP contribution < -0.4 is 19.5 Å². The quantitative estimate of drug-likeness (QED) is 0.0298. The Balaban J connectivity index is 0.000000187. The van der Waals surface area contributed by atoms with E-state index in [1.807, 2.05) is 44.4 Å². The number of fused-ring (bicyclic) bond motifs is 4. The molecule has 2 aliphatic rings. The number of anilines is 1. The van der Waals surface area contributed by atoms with Gasteiger partial charge >= 0.3 is 0 Å². The number of benzene rings is 10. The van der Waals surface area contributed by atoms with Crippen LogP contribution in [0.4, 0.5) is 5.69 Å². The average molecular weight is 1660 g/mol. The van der Waals surface area contributed by atoms with Crippen LogP contribution in [0, 0.1) is 76.2 Å². The number of allylic oxidation sites excluding steroid dienone is 8. The summed E-state index contributed by atoms with van der Waals surface area (Å²) in [4.78, 5) is 6.69. The molecule has 10 aromatic carbocycles. The van der Waals surface area contributed by atoms with Crippen LogP contribution in [0.2, 0.25) is 0 Å². The second kappa shape index (κ2) is 46.7. The number of aliphatic hydroxyl groups excluding tert-OH is 1. The second-order valence-electron chi connectivity index (χ2n) is 32.7. The topological polar surface area (TPSA) is 107 Å². The molecular formula is C113H127N3O6S. The van der Waals surface area contributed by atoms with E-state index in [1.165, 1.54) is 110 Å². The maximum atomic E-state index is 10.3. The van der Waals surface area contributed by atoms with Gasteiger partial charge in [0.15, 0.2) is 5.70 Å². The van der Waals surface area contributed by atoms with E-state index in [1.54, 1.807) is 45.4 Å². The number of nitrogens with one attached hydrogen (secondary N) is 1. The molecule has 0 bridgehead atoms. The van der Waals surface area contributed by atoms with Gasteiger partial charge in [0.05, 0.1) is 64.6 Å². The molecule has 4 atom stereocenters. The van der Waals surface area contributed by atoms with Crippen LogP contribution in [0.25, 0.3) is 96.7 Å².